The van der Waals surface area contributed by atoms with E-state index in [2.05, 4.69) is 9.72 Å². The first-order valence-corrected chi connectivity index (χ1v) is 9.43. The fourth-order valence-electron chi connectivity index (χ4n) is 3.71. The highest BCUT2D eigenvalue weighted by molar-refractivity contribution is 6.21. The van der Waals surface area contributed by atoms with E-state index < -0.39 is 30.0 Å². The first-order chi connectivity index (χ1) is 14.3. The second-order valence-corrected chi connectivity index (χ2v) is 7.06. The molecule has 0 unspecified atom stereocenters. The fourth-order valence-corrected chi connectivity index (χ4v) is 3.71. The lowest BCUT2D eigenvalue weighted by Crippen LogP contribution is -2.92. The maximum atomic E-state index is 12.7. The minimum absolute atomic E-state index is 0.00290. The third kappa shape index (κ3) is 4.16. The van der Waals surface area contributed by atoms with Crippen LogP contribution in [-0.2, 0) is 16.0 Å². The number of carbonyl (C=O) groups is 2. The smallest absolute Gasteiger partial charge is 0.406 e. The predicted octanol–water partition coefficient (Wildman–Crippen LogP) is 2.50. The van der Waals surface area contributed by atoms with E-state index >= 15 is 0 Å². The van der Waals surface area contributed by atoms with Crippen LogP contribution in [0.5, 0.6) is 5.75 Å². The molecule has 0 radical (unpaired) electrons. The molecule has 1 aliphatic rings. The molecule has 2 heterocycles. The molecule has 1 fully saturated rings. The van der Waals surface area contributed by atoms with Crippen molar-refractivity contribution in [2.45, 2.75) is 25.2 Å². The minimum Gasteiger partial charge on any atom is -0.406 e. The summed E-state index contributed by atoms with van der Waals surface area (Å²) in [5.41, 5.74) is 2.22. The number of anilines is 1. The van der Waals surface area contributed by atoms with Crippen molar-refractivity contribution in [1.29, 1.82) is 0 Å². The summed E-state index contributed by atoms with van der Waals surface area (Å²) in [7, 11) is 0. The Labute approximate surface area is 169 Å². The van der Waals surface area contributed by atoms with Crippen LogP contribution in [0.1, 0.15) is 12.0 Å². The first-order valence-electron chi connectivity index (χ1n) is 9.43. The predicted molar refractivity (Wildman–Crippen MR) is 103 cm³/mol. The number of fused-ring (bicyclic) bond motifs is 1. The third-order valence-corrected chi connectivity index (χ3v) is 5.03. The number of para-hydroxylation sites is 1. The molecule has 9 heteroatoms. The molecule has 3 aromatic rings. The van der Waals surface area contributed by atoms with Gasteiger partial charge in [-0.2, -0.15) is 0 Å². The van der Waals surface area contributed by atoms with Crippen molar-refractivity contribution in [3.63, 3.8) is 0 Å². The number of nitrogens with two attached hydrogens (primary N) is 1. The lowest BCUT2D eigenvalue weighted by Gasteiger charge is -2.16. The molecule has 0 aliphatic carbocycles. The molecule has 2 amide bonds. The van der Waals surface area contributed by atoms with Gasteiger partial charge in [0, 0.05) is 29.6 Å². The van der Waals surface area contributed by atoms with Gasteiger partial charge in [-0.3, -0.25) is 9.59 Å². The normalized spacial score (nSPS) is 17.2. The van der Waals surface area contributed by atoms with Gasteiger partial charge in [0.1, 0.15) is 5.75 Å². The summed E-state index contributed by atoms with van der Waals surface area (Å²) in [6.07, 6.45) is -2.22. The van der Waals surface area contributed by atoms with E-state index in [1.54, 1.807) is 5.32 Å². The monoisotopic (exact) mass is 418 g/mol. The molecule has 3 N–H and O–H groups in total. The van der Waals surface area contributed by atoms with Crippen LogP contribution in [0.15, 0.2) is 54.7 Å². The highest BCUT2D eigenvalue weighted by atomic mass is 19.4. The van der Waals surface area contributed by atoms with Crippen LogP contribution in [0.2, 0.25) is 0 Å². The van der Waals surface area contributed by atoms with E-state index in [0.29, 0.717) is 13.0 Å². The van der Waals surface area contributed by atoms with Crippen molar-refractivity contribution in [2.75, 3.05) is 11.4 Å². The number of hydrogen-bond donors (Lipinski definition) is 2. The number of hydrogen-bond acceptors (Lipinski definition) is 3. The van der Waals surface area contributed by atoms with Crippen LogP contribution in [0.3, 0.4) is 0 Å². The molecule has 156 valence electrons. The number of nitrogens with one attached hydrogen (secondary N) is 1. The minimum atomic E-state index is -4.85. The van der Waals surface area contributed by atoms with Crippen LogP contribution in [-0.4, -0.2) is 35.7 Å². The zero-order valence-corrected chi connectivity index (χ0v) is 15.8. The summed E-state index contributed by atoms with van der Waals surface area (Å²) in [6.45, 7) is 0.594. The zero-order chi connectivity index (χ0) is 21.3. The second kappa shape index (κ2) is 7.83. The molecule has 4 rings (SSSR count). The number of imide groups is 1. The topological polar surface area (TPSA) is 79.0 Å². The van der Waals surface area contributed by atoms with Gasteiger partial charge in [0.2, 0.25) is 5.91 Å². The number of nitrogens with zero attached hydrogens (tertiary/aromatic N) is 1. The van der Waals surface area contributed by atoms with Gasteiger partial charge in [0.15, 0.2) is 6.04 Å². The van der Waals surface area contributed by atoms with Crippen LogP contribution >= 0.6 is 0 Å². The van der Waals surface area contributed by atoms with Gasteiger partial charge < -0.3 is 15.0 Å². The highest BCUT2D eigenvalue weighted by Crippen LogP contribution is 2.29. The second-order valence-electron chi connectivity index (χ2n) is 7.06. The Hall–Kier alpha value is -3.33. The molecule has 2 aromatic carbocycles. The Morgan fingerprint density at radius 1 is 1.13 bits per heavy atom. The molecule has 30 heavy (non-hydrogen) atoms. The van der Waals surface area contributed by atoms with Gasteiger partial charge in [-0.1, -0.05) is 24.3 Å². The van der Waals surface area contributed by atoms with Gasteiger partial charge in [-0.25, -0.2) is 4.90 Å². The summed E-state index contributed by atoms with van der Waals surface area (Å²) in [5.74, 6) is -1.37. The number of quaternary nitrogens is 1. The molecular weight excluding hydrogens is 399 g/mol. The van der Waals surface area contributed by atoms with Crippen LogP contribution < -0.4 is 15.0 Å². The van der Waals surface area contributed by atoms with Crippen LogP contribution in [0.4, 0.5) is 18.9 Å². The fraction of sp³-hybridized carbons (Fsp3) is 0.238. The molecule has 1 aliphatic heterocycles. The quantitative estimate of drug-likeness (QED) is 0.604. The van der Waals surface area contributed by atoms with E-state index in [0.717, 1.165) is 33.5 Å². The number of benzene rings is 2. The number of H-pyrrole nitrogens is 1. The molecular formula is C21H19F3N3O3+. The molecule has 0 saturated carbocycles. The zero-order valence-electron chi connectivity index (χ0n) is 15.8. The number of alkyl halides is 3. The van der Waals surface area contributed by atoms with E-state index in [9.17, 15) is 22.8 Å². The number of aromatic amines is 1. The number of carbonyl (C=O) groups excluding carboxylic acids is 2. The highest BCUT2D eigenvalue weighted by Gasteiger charge is 2.42. The van der Waals surface area contributed by atoms with Crippen molar-refractivity contribution in [1.82, 2.24) is 4.98 Å². The summed E-state index contributed by atoms with van der Waals surface area (Å²) in [5, 5.41) is 2.92. The SMILES string of the molecule is O=C1C[C@H]([NH2+]CCc2c[nH]c3ccccc23)C(=O)N1c1cccc(OC(F)(F)F)c1. The maximum Gasteiger partial charge on any atom is 0.573 e. The Balaban J connectivity index is 1.41. The Morgan fingerprint density at radius 2 is 1.93 bits per heavy atom. The van der Waals surface area contributed by atoms with Crippen LogP contribution in [0.25, 0.3) is 10.9 Å². The average Bonchev–Trinajstić information content (AvgIpc) is 3.21. The molecule has 1 aromatic heterocycles. The number of ether oxygens (including phenoxy) is 1. The lowest BCUT2D eigenvalue weighted by atomic mass is 10.1. The molecule has 1 saturated heterocycles. The first kappa shape index (κ1) is 20.0. The summed E-state index contributed by atoms with van der Waals surface area (Å²) >= 11 is 0. The Kier molecular flexibility index (Phi) is 5.21. The Morgan fingerprint density at radius 3 is 2.73 bits per heavy atom. The third-order valence-electron chi connectivity index (χ3n) is 5.03. The van der Waals surface area contributed by atoms with Gasteiger partial charge in [-0.15, -0.1) is 13.2 Å². The largest absolute Gasteiger partial charge is 0.573 e. The average molecular weight is 418 g/mol. The summed E-state index contributed by atoms with van der Waals surface area (Å²) in [6, 6.07) is 12.2. The number of rotatable bonds is 6. The van der Waals surface area contributed by atoms with E-state index in [-0.39, 0.29) is 12.1 Å². The van der Waals surface area contributed by atoms with Gasteiger partial charge in [0.25, 0.3) is 5.91 Å². The van der Waals surface area contributed by atoms with Gasteiger partial charge in [-0.05, 0) is 23.8 Å². The number of aromatic nitrogens is 1. The molecule has 0 bridgehead atoms. The maximum absolute atomic E-state index is 12.7. The lowest BCUT2D eigenvalue weighted by molar-refractivity contribution is -0.674. The molecule has 0 spiro atoms. The molecule has 1 atom stereocenters. The standard InChI is InChI=1S/C21H18F3N3O3/c22-21(23,24)30-15-5-3-4-14(10-15)27-19(28)11-18(20(27)29)25-9-8-13-12-26-17-7-2-1-6-16(13)17/h1-7,10,12,18,25-26H,8-9,11H2/p+1/t18-/m0/s1. The van der Waals surface area contributed by atoms with E-state index in [1.807, 2.05) is 30.5 Å². The molecule has 6 nitrogen and oxygen atoms in total. The van der Waals surface area contributed by atoms with Gasteiger partial charge in [0.05, 0.1) is 18.7 Å². The van der Waals surface area contributed by atoms with E-state index in [1.165, 1.54) is 12.1 Å². The van der Waals surface area contributed by atoms with E-state index in [4.69, 9.17) is 0 Å². The van der Waals surface area contributed by atoms with Crippen LogP contribution in [0, 0.1) is 0 Å². The van der Waals surface area contributed by atoms with Crippen molar-refractivity contribution in [3.05, 3.63) is 60.3 Å². The number of halogens is 3. The van der Waals surface area contributed by atoms with Crippen molar-refractivity contribution in [3.8, 4) is 5.75 Å². The number of amides is 2. The van der Waals surface area contributed by atoms with Gasteiger partial charge >= 0.3 is 6.36 Å². The van der Waals surface area contributed by atoms with Crippen molar-refractivity contribution < 1.29 is 32.8 Å². The van der Waals surface area contributed by atoms with Crippen molar-refractivity contribution >= 4 is 28.4 Å². The van der Waals surface area contributed by atoms with Crippen molar-refractivity contribution in [2.24, 2.45) is 0 Å². The Bertz CT molecular complexity index is 1090. The summed E-state index contributed by atoms with van der Waals surface area (Å²) < 4.78 is 41.2. The summed E-state index contributed by atoms with van der Waals surface area (Å²) in [4.78, 5) is 29.2.